The van der Waals surface area contributed by atoms with E-state index in [4.69, 9.17) is 5.26 Å². The molecule has 1 aromatic heterocycles. The van der Waals surface area contributed by atoms with Crippen LogP contribution >= 0.6 is 0 Å². The minimum Gasteiger partial charge on any atom is -0.324 e. The molecular formula is C16H18N6O. The summed E-state index contributed by atoms with van der Waals surface area (Å²) >= 11 is 0. The van der Waals surface area contributed by atoms with Crippen molar-refractivity contribution in [1.29, 1.82) is 5.26 Å². The number of H-pyrrole nitrogens is 1. The summed E-state index contributed by atoms with van der Waals surface area (Å²) in [5.74, 6) is 0.577. The van der Waals surface area contributed by atoms with Gasteiger partial charge in [-0.2, -0.15) is 5.26 Å². The van der Waals surface area contributed by atoms with Gasteiger partial charge in [0.05, 0.1) is 17.1 Å². The number of rotatable bonds is 2. The molecule has 118 valence electrons. The van der Waals surface area contributed by atoms with E-state index in [9.17, 15) is 4.79 Å². The van der Waals surface area contributed by atoms with E-state index < -0.39 is 0 Å². The van der Waals surface area contributed by atoms with Gasteiger partial charge in [-0.05, 0) is 25.0 Å². The number of hydrogen-bond donors (Lipinski definition) is 1. The average Bonchev–Trinajstić information content (AvgIpc) is 3.12. The van der Waals surface area contributed by atoms with E-state index in [-0.39, 0.29) is 12.1 Å². The highest BCUT2D eigenvalue weighted by Crippen LogP contribution is 2.26. The van der Waals surface area contributed by atoms with Crippen LogP contribution in [-0.2, 0) is 0 Å². The number of amides is 2. The zero-order valence-corrected chi connectivity index (χ0v) is 12.8. The summed E-state index contributed by atoms with van der Waals surface area (Å²) in [5, 5.41) is 9.09. The van der Waals surface area contributed by atoms with Gasteiger partial charge in [-0.25, -0.2) is 9.78 Å². The van der Waals surface area contributed by atoms with Crippen molar-refractivity contribution >= 4 is 23.0 Å². The number of carbonyl (C=O) groups excluding carboxylic acids is 1. The van der Waals surface area contributed by atoms with E-state index in [2.05, 4.69) is 16.2 Å². The molecule has 23 heavy (non-hydrogen) atoms. The van der Waals surface area contributed by atoms with Crippen molar-refractivity contribution in [2.75, 3.05) is 31.1 Å². The number of aromatic amines is 1. The molecule has 0 aliphatic carbocycles. The van der Waals surface area contributed by atoms with Crippen LogP contribution in [0.1, 0.15) is 12.8 Å². The number of nitriles is 1. The molecule has 0 radical (unpaired) electrons. The quantitative estimate of drug-likeness (QED) is 0.857. The Morgan fingerprint density at radius 1 is 1.35 bits per heavy atom. The number of benzene rings is 1. The van der Waals surface area contributed by atoms with Gasteiger partial charge >= 0.3 is 6.03 Å². The summed E-state index contributed by atoms with van der Waals surface area (Å²) in [6.07, 6.45) is 4.01. The van der Waals surface area contributed by atoms with E-state index >= 15 is 0 Å². The first-order chi connectivity index (χ1) is 11.3. The number of fused-ring (bicyclic) bond motifs is 1. The van der Waals surface area contributed by atoms with Gasteiger partial charge < -0.3 is 14.8 Å². The lowest BCUT2D eigenvalue weighted by Gasteiger charge is -2.37. The van der Waals surface area contributed by atoms with Crippen molar-refractivity contribution in [2.24, 2.45) is 0 Å². The van der Waals surface area contributed by atoms with E-state index in [1.54, 1.807) is 9.80 Å². The number of aromatic nitrogens is 2. The van der Waals surface area contributed by atoms with Gasteiger partial charge in [-0.1, -0.05) is 12.1 Å². The third kappa shape index (κ3) is 2.36. The molecule has 2 fully saturated rings. The van der Waals surface area contributed by atoms with Gasteiger partial charge in [-0.15, -0.1) is 0 Å². The van der Waals surface area contributed by atoms with Gasteiger partial charge in [0, 0.05) is 26.2 Å². The van der Waals surface area contributed by atoms with Crippen LogP contribution in [-0.4, -0.2) is 58.0 Å². The number of urea groups is 1. The second-order valence-electron chi connectivity index (χ2n) is 6.06. The fraction of sp³-hybridized carbons (Fsp3) is 0.438. The zero-order valence-electron chi connectivity index (χ0n) is 12.8. The Morgan fingerprint density at radius 2 is 2.17 bits per heavy atom. The van der Waals surface area contributed by atoms with Gasteiger partial charge in [0.1, 0.15) is 0 Å². The molecule has 2 aliphatic rings. The molecule has 4 rings (SSSR count). The number of anilines is 1. The monoisotopic (exact) mass is 310 g/mol. The van der Waals surface area contributed by atoms with Crippen molar-refractivity contribution < 1.29 is 4.79 Å². The largest absolute Gasteiger partial charge is 0.327 e. The van der Waals surface area contributed by atoms with Gasteiger partial charge in [-0.3, -0.25) is 4.90 Å². The molecule has 2 aromatic rings. The predicted octanol–water partition coefficient (Wildman–Crippen LogP) is 1.75. The van der Waals surface area contributed by atoms with Crippen molar-refractivity contribution in [2.45, 2.75) is 18.9 Å². The average molecular weight is 310 g/mol. The van der Waals surface area contributed by atoms with Crippen LogP contribution in [0.3, 0.4) is 0 Å². The van der Waals surface area contributed by atoms with E-state index in [0.717, 1.165) is 37.0 Å². The number of para-hydroxylation sites is 2. The Kier molecular flexibility index (Phi) is 3.30. The fourth-order valence-corrected chi connectivity index (χ4v) is 3.18. The summed E-state index contributed by atoms with van der Waals surface area (Å²) in [4.78, 5) is 26.0. The smallest absolute Gasteiger partial charge is 0.324 e. The number of hydrogen-bond acceptors (Lipinski definition) is 4. The van der Waals surface area contributed by atoms with Crippen molar-refractivity contribution in [3.63, 3.8) is 0 Å². The van der Waals surface area contributed by atoms with Crippen molar-refractivity contribution in [1.82, 2.24) is 19.8 Å². The van der Waals surface area contributed by atoms with Crippen molar-refractivity contribution in [3.05, 3.63) is 24.3 Å². The molecule has 3 heterocycles. The Bertz CT molecular complexity index is 741. The number of nitrogens with zero attached hydrogens (tertiary/aromatic N) is 5. The molecule has 2 amide bonds. The molecular weight excluding hydrogens is 292 g/mol. The highest BCUT2D eigenvalue weighted by Gasteiger charge is 2.37. The number of imidazole rings is 1. The summed E-state index contributed by atoms with van der Waals surface area (Å²) in [6, 6.07) is 7.72. The first-order valence-electron chi connectivity index (χ1n) is 7.94. The highest BCUT2D eigenvalue weighted by molar-refractivity contribution is 5.93. The maximum absolute atomic E-state index is 12.9. The molecule has 0 unspecified atom stereocenters. The predicted molar refractivity (Wildman–Crippen MR) is 85.7 cm³/mol. The Balaban J connectivity index is 1.69. The third-order valence-electron chi connectivity index (χ3n) is 4.61. The standard InChI is InChI=1S/C16H18N6O/c17-11-20-9-6-12(10-20)22(16(23)21-7-3-8-21)15-18-13-4-1-2-5-14(13)19-15/h1-2,4-5,12H,3,6-10H2,(H,18,19)/t12-/m1/s1. The van der Waals surface area contributed by atoms with Crippen LogP contribution in [0.4, 0.5) is 10.7 Å². The van der Waals surface area contributed by atoms with Gasteiger partial charge in [0.2, 0.25) is 5.95 Å². The zero-order chi connectivity index (χ0) is 15.8. The molecule has 2 saturated heterocycles. The number of likely N-dealkylation sites (tertiary alicyclic amines) is 2. The molecule has 1 N–H and O–H groups in total. The molecule has 0 spiro atoms. The van der Waals surface area contributed by atoms with Crippen LogP contribution in [0, 0.1) is 11.5 Å². The van der Waals surface area contributed by atoms with Crippen LogP contribution in [0.15, 0.2) is 24.3 Å². The van der Waals surface area contributed by atoms with Crippen LogP contribution in [0.25, 0.3) is 11.0 Å². The molecule has 1 atom stereocenters. The van der Waals surface area contributed by atoms with Gasteiger partial charge in [0.25, 0.3) is 0 Å². The number of carbonyl (C=O) groups is 1. The molecule has 7 nitrogen and oxygen atoms in total. The maximum Gasteiger partial charge on any atom is 0.327 e. The summed E-state index contributed by atoms with van der Waals surface area (Å²) in [7, 11) is 0. The molecule has 0 saturated carbocycles. The molecule has 2 aliphatic heterocycles. The molecule has 7 heteroatoms. The lowest BCUT2D eigenvalue weighted by Crippen LogP contribution is -2.54. The molecule has 1 aromatic carbocycles. The van der Waals surface area contributed by atoms with Gasteiger partial charge in [0.15, 0.2) is 6.19 Å². The second-order valence-corrected chi connectivity index (χ2v) is 6.06. The van der Waals surface area contributed by atoms with Crippen LogP contribution < -0.4 is 4.90 Å². The first kappa shape index (κ1) is 13.9. The number of nitrogens with one attached hydrogen (secondary N) is 1. The Labute approximate surface area is 134 Å². The molecule has 0 bridgehead atoms. The third-order valence-corrected chi connectivity index (χ3v) is 4.61. The fourth-order valence-electron chi connectivity index (χ4n) is 3.18. The lowest BCUT2D eigenvalue weighted by atomic mass is 10.2. The SMILES string of the molecule is N#CN1CC[C@@H](N(C(=O)N2CCC2)c2nc3ccccc3[nH]2)C1. The summed E-state index contributed by atoms with van der Waals surface area (Å²) < 4.78 is 0. The topological polar surface area (TPSA) is 79.3 Å². The second kappa shape index (κ2) is 5.47. The minimum atomic E-state index is -0.0247. The van der Waals surface area contributed by atoms with E-state index in [1.807, 2.05) is 29.2 Å². The van der Waals surface area contributed by atoms with E-state index in [1.165, 1.54) is 0 Å². The minimum absolute atomic E-state index is 0.0138. The summed E-state index contributed by atoms with van der Waals surface area (Å²) in [5.41, 5.74) is 1.76. The van der Waals surface area contributed by atoms with Crippen molar-refractivity contribution in [3.8, 4) is 6.19 Å². The summed E-state index contributed by atoms with van der Waals surface area (Å²) in [6.45, 7) is 2.84. The van der Waals surface area contributed by atoms with Crippen LogP contribution in [0.5, 0.6) is 0 Å². The normalized spacial score (nSPS) is 20.4. The van der Waals surface area contributed by atoms with E-state index in [0.29, 0.717) is 19.0 Å². The highest BCUT2D eigenvalue weighted by atomic mass is 16.2. The maximum atomic E-state index is 12.9. The Hall–Kier alpha value is -2.75. The first-order valence-corrected chi connectivity index (χ1v) is 7.94. The lowest BCUT2D eigenvalue weighted by molar-refractivity contribution is 0.171. The Morgan fingerprint density at radius 3 is 2.83 bits per heavy atom. The van der Waals surface area contributed by atoms with Crippen LogP contribution in [0.2, 0.25) is 0 Å².